The van der Waals surface area contributed by atoms with Crippen LogP contribution >= 0.6 is 12.2 Å². The van der Waals surface area contributed by atoms with Crippen molar-refractivity contribution in [3.8, 4) is 0 Å². The number of amides is 2. The van der Waals surface area contributed by atoms with E-state index in [0.717, 1.165) is 6.42 Å². The van der Waals surface area contributed by atoms with E-state index < -0.39 is 6.04 Å². The number of likely N-dealkylation sites (tertiary alicyclic amines) is 1. The molecule has 2 heterocycles. The number of nitrogens with one attached hydrogen (secondary N) is 3. The van der Waals surface area contributed by atoms with E-state index in [4.69, 9.17) is 16.6 Å². The topological polar surface area (TPSA) is 86.6 Å². The molecule has 1 aliphatic heterocycles. The zero-order valence-electron chi connectivity index (χ0n) is 12.6. The predicted octanol–water partition coefficient (Wildman–Crippen LogP) is 0.788. The number of hydrogen-bond donors (Lipinski definition) is 3. The van der Waals surface area contributed by atoms with E-state index >= 15 is 0 Å². The summed E-state index contributed by atoms with van der Waals surface area (Å²) in [5, 5.41) is 3.29. The first-order valence-corrected chi connectivity index (χ1v) is 7.60. The van der Waals surface area contributed by atoms with Gasteiger partial charge in [0, 0.05) is 12.6 Å². The molecule has 1 saturated heterocycles. The van der Waals surface area contributed by atoms with E-state index in [1.165, 1.54) is 11.2 Å². The standard InChI is InChI=1S/C14H20N4O3S/c1-9(2)15-14(22)17-16-12(19)10-5-3-7-18(10)13(20)11-6-4-8-21-11/h4,6,8-10H,3,5,7H2,1-2H3,(H,16,19)(H2,15,17,22)/t10-/m0/s1. The molecule has 8 heteroatoms. The van der Waals surface area contributed by atoms with Crippen LogP contribution in [-0.4, -0.2) is 40.5 Å². The first-order valence-electron chi connectivity index (χ1n) is 7.20. The van der Waals surface area contributed by atoms with Gasteiger partial charge in [0.2, 0.25) is 0 Å². The number of hydrogen-bond acceptors (Lipinski definition) is 4. The second-order valence-electron chi connectivity index (χ2n) is 5.38. The van der Waals surface area contributed by atoms with Gasteiger partial charge >= 0.3 is 0 Å². The minimum Gasteiger partial charge on any atom is -0.459 e. The molecule has 1 atom stereocenters. The number of furan rings is 1. The Balaban J connectivity index is 1.91. The van der Waals surface area contributed by atoms with Crippen molar-refractivity contribution in [1.82, 2.24) is 21.1 Å². The summed E-state index contributed by atoms with van der Waals surface area (Å²) in [6.07, 6.45) is 2.83. The third-order valence-electron chi connectivity index (χ3n) is 3.27. The Hall–Kier alpha value is -2.09. The normalized spacial score (nSPS) is 17.4. The molecule has 120 valence electrons. The maximum Gasteiger partial charge on any atom is 0.290 e. The van der Waals surface area contributed by atoms with Crippen LogP contribution in [0, 0.1) is 0 Å². The molecule has 1 aliphatic rings. The van der Waals surface area contributed by atoms with Crippen LogP contribution in [0.5, 0.6) is 0 Å². The zero-order chi connectivity index (χ0) is 16.1. The largest absolute Gasteiger partial charge is 0.459 e. The highest BCUT2D eigenvalue weighted by molar-refractivity contribution is 7.80. The molecular weight excluding hydrogens is 304 g/mol. The van der Waals surface area contributed by atoms with E-state index in [1.807, 2.05) is 13.8 Å². The number of thiocarbonyl (C=S) groups is 1. The molecule has 2 amide bonds. The zero-order valence-corrected chi connectivity index (χ0v) is 13.4. The predicted molar refractivity (Wildman–Crippen MR) is 84.9 cm³/mol. The van der Waals surface area contributed by atoms with Crippen molar-refractivity contribution < 1.29 is 14.0 Å². The lowest BCUT2D eigenvalue weighted by Crippen LogP contribution is -2.54. The molecule has 7 nitrogen and oxygen atoms in total. The molecule has 1 fully saturated rings. The molecule has 0 spiro atoms. The summed E-state index contributed by atoms with van der Waals surface area (Å²) in [7, 11) is 0. The Bertz CT molecular complexity index is 544. The molecule has 0 saturated carbocycles. The van der Waals surface area contributed by atoms with Gasteiger partial charge in [-0.15, -0.1) is 0 Å². The summed E-state index contributed by atoms with van der Waals surface area (Å²) in [5.74, 6) is -0.319. The number of nitrogens with zero attached hydrogens (tertiary/aromatic N) is 1. The van der Waals surface area contributed by atoms with Gasteiger partial charge in [-0.05, 0) is 51.0 Å². The molecule has 0 aliphatic carbocycles. The summed E-state index contributed by atoms with van der Waals surface area (Å²) in [5.41, 5.74) is 5.19. The minimum atomic E-state index is -0.521. The van der Waals surface area contributed by atoms with Crippen LogP contribution < -0.4 is 16.2 Å². The van der Waals surface area contributed by atoms with Gasteiger partial charge in [-0.25, -0.2) is 0 Å². The second kappa shape index (κ2) is 7.26. The van der Waals surface area contributed by atoms with Crippen molar-refractivity contribution in [1.29, 1.82) is 0 Å². The Morgan fingerprint density at radius 2 is 2.18 bits per heavy atom. The monoisotopic (exact) mass is 324 g/mol. The SMILES string of the molecule is CC(C)NC(=S)NNC(=O)[C@@H]1CCCN1C(=O)c1ccco1. The summed E-state index contributed by atoms with van der Waals surface area (Å²) in [6.45, 7) is 4.42. The average molecular weight is 324 g/mol. The first-order chi connectivity index (χ1) is 10.5. The van der Waals surface area contributed by atoms with Gasteiger partial charge in [-0.2, -0.15) is 0 Å². The maximum absolute atomic E-state index is 12.3. The van der Waals surface area contributed by atoms with Crippen LogP contribution in [0.3, 0.4) is 0 Å². The highest BCUT2D eigenvalue weighted by atomic mass is 32.1. The van der Waals surface area contributed by atoms with Crippen molar-refractivity contribution in [3.63, 3.8) is 0 Å². The Kier molecular flexibility index (Phi) is 5.37. The molecule has 3 N–H and O–H groups in total. The van der Waals surface area contributed by atoms with Crippen molar-refractivity contribution in [2.24, 2.45) is 0 Å². The van der Waals surface area contributed by atoms with Crippen LogP contribution in [-0.2, 0) is 4.79 Å². The molecule has 0 aromatic carbocycles. The van der Waals surface area contributed by atoms with Crippen LogP contribution in [0.2, 0.25) is 0 Å². The van der Waals surface area contributed by atoms with Gasteiger partial charge in [-0.3, -0.25) is 20.4 Å². The van der Waals surface area contributed by atoms with E-state index in [0.29, 0.717) is 18.1 Å². The van der Waals surface area contributed by atoms with Gasteiger partial charge in [-0.1, -0.05) is 0 Å². The Labute approximate surface area is 134 Å². The minimum absolute atomic E-state index is 0.167. The third kappa shape index (κ3) is 3.97. The van der Waals surface area contributed by atoms with E-state index in [2.05, 4.69) is 16.2 Å². The maximum atomic E-state index is 12.3. The number of carbonyl (C=O) groups is 2. The third-order valence-corrected chi connectivity index (χ3v) is 3.49. The fraction of sp³-hybridized carbons (Fsp3) is 0.500. The smallest absolute Gasteiger partial charge is 0.290 e. The van der Waals surface area contributed by atoms with Crippen molar-refractivity contribution in [2.75, 3.05) is 6.54 Å². The summed E-state index contributed by atoms with van der Waals surface area (Å²) < 4.78 is 5.11. The van der Waals surface area contributed by atoms with Crippen LogP contribution in [0.25, 0.3) is 0 Å². The summed E-state index contributed by atoms with van der Waals surface area (Å²) in [4.78, 5) is 26.1. The van der Waals surface area contributed by atoms with Crippen molar-refractivity contribution in [3.05, 3.63) is 24.2 Å². The molecule has 1 aromatic heterocycles. The number of hydrazine groups is 1. The number of carbonyl (C=O) groups excluding carboxylic acids is 2. The quantitative estimate of drug-likeness (QED) is 0.563. The van der Waals surface area contributed by atoms with Gasteiger partial charge in [0.1, 0.15) is 6.04 Å². The Morgan fingerprint density at radius 1 is 1.41 bits per heavy atom. The lowest BCUT2D eigenvalue weighted by Gasteiger charge is -2.23. The molecule has 1 aromatic rings. The fourth-order valence-electron chi connectivity index (χ4n) is 2.32. The first kappa shape index (κ1) is 16.3. The van der Waals surface area contributed by atoms with Crippen molar-refractivity contribution in [2.45, 2.75) is 38.8 Å². The lowest BCUT2D eigenvalue weighted by atomic mass is 10.2. The Morgan fingerprint density at radius 3 is 2.82 bits per heavy atom. The molecule has 2 rings (SSSR count). The molecule has 0 bridgehead atoms. The van der Waals surface area contributed by atoms with E-state index in [9.17, 15) is 9.59 Å². The average Bonchev–Trinajstić information content (AvgIpc) is 3.13. The molecular formula is C14H20N4O3S. The van der Waals surface area contributed by atoms with Crippen LogP contribution in [0.15, 0.2) is 22.8 Å². The van der Waals surface area contributed by atoms with Crippen LogP contribution in [0.1, 0.15) is 37.2 Å². The molecule has 22 heavy (non-hydrogen) atoms. The summed E-state index contributed by atoms with van der Waals surface area (Å²) >= 11 is 5.04. The highest BCUT2D eigenvalue weighted by Gasteiger charge is 2.35. The van der Waals surface area contributed by atoms with E-state index in [-0.39, 0.29) is 23.6 Å². The lowest BCUT2D eigenvalue weighted by molar-refractivity contribution is -0.125. The van der Waals surface area contributed by atoms with Gasteiger partial charge in [0.25, 0.3) is 11.8 Å². The fourth-order valence-corrected chi connectivity index (χ4v) is 2.61. The van der Waals surface area contributed by atoms with Crippen LogP contribution in [0.4, 0.5) is 0 Å². The number of rotatable bonds is 3. The molecule has 0 unspecified atom stereocenters. The van der Waals surface area contributed by atoms with Gasteiger partial charge in [0.15, 0.2) is 10.9 Å². The van der Waals surface area contributed by atoms with E-state index in [1.54, 1.807) is 12.1 Å². The van der Waals surface area contributed by atoms with Crippen molar-refractivity contribution >= 4 is 29.1 Å². The van der Waals surface area contributed by atoms with Gasteiger partial charge in [0.05, 0.1) is 6.26 Å². The molecule has 0 radical (unpaired) electrons. The second-order valence-corrected chi connectivity index (χ2v) is 5.78. The van der Waals surface area contributed by atoms with Gasteiger partial charge < -0.3 is 14.6 Å². The highest BCUT2D eigenvalue weighted by Crippen LogP contribution is 2.20. The summed E-state index contributed by atoms with van der Waals surface area (Å²) in [6, 6.07) is 2.89.